The summed E-state index contributed by atoms with van der Waals surface area (Å²) in [7, 11) is 1.27. The van der Waals surface area contributed by atoms with E-state index in [0.717, 1.165) is 5.56 Å². The van der Waals surface area contributed by atoms with Gasteiger partial charge in [-0.25, -0.2) is 9.59 Å². The number of allylic oxidation sites excluding steroid dienone is 1. The number of amides is 1. The molecule has 0 saturated heterocycles. The first-order chi connectivity index (χ1) is 10.3. The Kier molecular flexibility index (Phi) is 6.63. The summed E-state index contributed by atoms with van der Waals surface area (Å²) in [6, 6.07) is 9.31. The monoisotopic (exact) mass is 305 g/mol. The molecule has 1 N–H and O–H groups in total. The van der Waals surface area contributed by atoms with E-state index in [-0.39, 0.29) is 17.7 Å². The Morgan fingerprint density at radius 2 is 1.82 bits per heavy atom. The number of nitrogens with one attached hydrogen (secondary N) is 1. The van der Waals surface area contributed by atoms with E-state index in [1.807, 2.05) is 51.1 Å². The smallest absolute Gasteiger partial charge is 0.412 e. The molecule has 0 aliphatic heterocycles. The Hall–Kier alpha value is -2.30. The summed E-state index contributed by atoms with van der Waals surface area (Å²) in [4.78, 5) is 23.5. The highest BCUT2D eigenvalue weighted by atomic mass is 16.6. The molecular weight excluding hydrogens is 282 g/mol. The quantitative estimate of drug-likeness (QED) is 0.669. The molecule has 0 aromatic heterocycles. The minimum atomic E-state index is -0.686. The first-order valence-corrected chi connectivity index (χ1v) is 7.08. The van der Waals surface area contributed by atoms with Crippen LogP contribution in [0.5, 0.6) is 0 Å². The molecule has 5 nitrogen and oxygen atoms in total. The Labute approximate surface area is 131 Å². The zero-order valence-electron chi connectivity index (χ0n) is 13.5. The largest absolute Gasteiger partial charge is 0.464 e. The van der Waals surface area contributed by atoms with Gasteiger partial charge in [0, 0.05) is 0 Å². The number of benzene rings is 1. The van der Waals surface area contributed by atoms with Crippen LogP contribution in [0, 0.1) is 5.41 Å². The van der Waals surface area contributed by atoms with E-state index in [0.29, 0.717) is 6.42 Å². The fourth-order valence-electron chi connectivity index (χ4n) is 1.57. The van der Waals surface area contributed by atoms with Crippen molar-refractivity contribution in [3.63, 3.8) is 0 Å². The Balaban J connectivity index is 2.61. The van der Waals surface area contributed by atoms with Gasteiger partial charge in [-0.2, -0.15) is 0 Å². The van der Waals surface area contributed by atoms with Crippen LogP contribution in [0.4, 0.5) is 4.79 Å². The standard InChI is InChI=1S/C17H23NO4/c1-17(2,3)11-10-14(15(19)21-4)18-16(20)22-12-13-8-6-5-7-9-13/h5-10H,11-12H2,1-4H3,(H,18,20)/b14-10-. The summed E-state index contributed by atoms with van der Waals surface area (Å²) >= 11 is 0. The van der Waals surface area contributed by atoms with Gasteiger partial charge >= 0.3 is 12.1 Å². The summed E-state index contributed by atoms with van der Waals surface area (Å²) in [5.74, 6) is -0.596. The molecule has 1 rings (SSSR count). The molecular formula is C17H23NO4. The normalized spacial score (nSPS) is 11.7. The predicted octanol–water partition coefficient (Wildman–Crippen LogP) is 3.41. The van der Waals surface area contributed by atoms with Crippen molar-refractivity contribution in [2.24, 2.45) is 5.41 Å². The summed E-state index contributed by atoms with van der Waals surface area (Å²) in [6.45, 7) is 6.24. The summed E-state index contributed by atoms with van der Waals surface area (Å²) in [5, 5.41) is 2.44. The molecule has 0 saturated carbocycles. The number of alkyl carbamates (subject to hydrolysis) is 1. The van der Waals surface area contributed by atoms with Crippen LogP contribution >= 0.6 is 0 Å². The molecule has 0 radical (unpaired) electrons. The summed E-state index contributed by atoms with van der Waals surface area (Å²) in [6.07, 6.45) is 1.58. The van der Waals surface area contributed by atoms with Crippen LogP contribution in [0.15, 0.2) is 42.1 Å². The summed E-state index contributed by atoms with van der Waals surface area (Å²) < 4.78 is 9.75. The Bertz CT molecular complexity index is 529. The lowest BCUT2D eigenvalue weighted by Crippen LogP contribution is -2.29. The highest BCUT2D eigenvalue weighted by molar-refractivity contribution is 5.92. The van der Waals surface area contributed by atoms with Crippen LogP contribution in [0.25, 0.3) is 0 Å². The molecule has 0 aliphatic rings. The molecule has 120 valence electrons. The number of rotatable bonds is 5. The van der Waals surface area contributed by atoms with Gasteiger partial charge in [-0.3, -0.25) is 5.32 Å². The van der Waals surface area contributed by atoms with Gasteiger partial charge in [-0.05, 0) is 17.4 Å². The summed E-state index contributed by atoms with van der Waals surface area (Å²) in [5.41, 5.74) is 0.959. The van der Waals surface area contributed by atoms with Gasteiger partial charge in [0.15, 0.2) is 0 Å². The molecule has 0 fully saturated rings. The van der Waals surface area contributed by atoms with Crippen LogP contribution in [0.3, 0.4) is 0 Å². The number of esters is 1. The zero-order valence-corrected chi connectivity index (χ0v) is 13.5. The second kappa shape index (κ2) is 8.22. The number of hydrogen-bond acceptors (Lipinski definition) is 4. The average molecular weight is 305 g/mol. The van der Waals surface area contributed by atoms with Crippen molar-refractivity contribution in [3.8, 4) is 0 Å². The van der Waals surface area contributed by atoms with E-state index in [2.05, 4.69) is 10.1 Å². The van der Waals surface area contributed by atoms with Gasteiger partial charge in [0.2, 0.25) is 0 Å². The number of carbonyl (C=O) groups excluding carboxylic acids is 2. The van der Waals surface area contributed by atoms with E-state index in [1.165, 1.54) is 7.11 Å². The van der Waals surface area contributed by atoms with Crippen molar-refractivity contribution in [1.29, 1.82) is 0 Å². The van der Waals surface area contributed by atoms with Crippen LogP contribution in [-0.2, 0) is 20.9 Å². The van der Waals surface area contributed by atoms with E-state index in [9.17, 15) is 9.59 Å². The average Bonchev–Trinajstić information content (AvgIpc) is 2.48. The van der Waals surface area contributed by atoms with Crippen molar-refractivity contribution in [3.05, 3.63) is 47.7 Å². The van der Waals surface area contributed by atoms with Crippen LogP contribution in [0.2, 0.25) is 0 Å². The molecule has 5 heteroatoms. The van der Waals surface area contributed by atoms with Gasteiger partial charge in [0.25, 0.3) is 0 Å². The van der Waals surface area contributed by atoms with Crippen molar-refractivity contribution in [2.75, 3.05) is 7.11 Å². The minimum absolute atomic E-state index is 0.00506. The van der Waals surface area contributed by atoms with Gasteiger partial charge in [-0.1, -0.05) is 57.2 Å². The number of ether oxygens (including phenoxy) is 2. The molecule has 0 bridgehead atoms. The van der Waals surface area contributed by atoms with Gasteiger partial charge < -0.3 is 9.47 Å². The zero-order chi connectivity index (χ0) is 16.6. The molecule has 1 amide bonds. The lowest BCUT2D eigenvalue weighted by atomic mass is 9.92. The highest BCUT2D eigenvalue weighted by Gasteiger charge is 2.16. The fraction of sp³-hybridized carbons (Fsp3) is 0.412. The topological polar surface area (TPSA) is 64.6 Å². The van der Waals surface area contributed by atoms with Crippen LogP contribution in [-0.4, -0.2) is 19.2 Å². The second-order valence-electron chi connectivity index (χ2n) is 6.06. The van der Waals surface area contributed by atoms with Crippen molar-refractivity contribution in [1.82, 2.24) is 5.32 Å². The molecule has 0 aliphatic carbocycles. The third kappa shape index (κ3) is 6.92. The molecule has 1 aromatic rings. The third-order valence-electron chi connectivity index (χ3n) is 2.77. The minimum Gasteiger partial charge on any atom is -0.464 e. The Morgan fingerprint density at radius 3 is 2.36 bits per heavy atom. The SMILES string of the molecule is COC(=O)/C(=C/CC(C)(C)C)NC(=O)OCc1ccccc1. The molecule has 0 spiro atoms. The molecule has 0 heterocycles. The second-order valence-corrected chi connectivity index (χ2v) is 6.06. The van der Waals surface area contributed by atoms with Crippen molar-refractivity contribution < 1.29 is 19.1 Å². The third-order valence-corrected chi connectivity index (χ3v) is 2.77. The van der Waals surface area contributed by atoms with E-state index in [1.54, 1.807) is 6.08 Å². The lowest BCUT2D eigenvalue weighted by molar-refractivity contribution is -0.136. The maximum Gasteiger partial charge on any atom is 0.412 e. The predicted molar refractivity (Wildman–Crippen MR) is 83.9 cm³/mol. The first kappa shape index (κ1) is 17.8. The van der Waals surface area contributed by atoms with Gasteiger partial charge in [0.05, 0.1) is 7.11 Å². The number of hydrogen-bond donors (Lipinski definition) is 1. The van der Waals surface area contributed by atoms with E-state index < -0.39 is 12.1 Å². The number of methoxy groups -OCH3 is 1. The fourth-order valence-corrected chi connectivity index (χ4v) is 1.57. The molecule has 0 atom stereocenters. The van der Waals surface area contributed by atoms with E-state index in [4.69, 9.17) is 4.74 Å². The molecule has 22 heavy (non-hydrogen) atoms. The van der Waals surface area contributed by atoms with E-state index >= 15 is 0 Å². The van der Waals surface area contributed by atoms with Crippen LogP contribution < -0.4 is 5.32 Å². The van der Waals surface area contributed by atoms with Crippen molar-refractivity contribution >= 4 is 12.1 Å². The van der Waals surface area contributed by atoms with Gasteiger partial charge in [-0.15, -0.1) is 0 Å². The highest BCUT2D eigenvalue weighted by Crippen LogP contribution is 2.19. The maximum absolute atomic E-state index is 11.8. The molecule has 1 aromatic carbocycles. The Morgan fingerprint density at radius 1 is 1.18 bits per heavy atom. The van der Waals surface area contributed by atoms with Crippen molar-refractivity contribution in [2.45, 2.75) is 33.8 Å². The van der Waals surface area contributed by atoms with Gasteiger partial charge in [0.1, 0.15) is 12.3 Å². The van der Waals surface area contributed by atoms with Crippen LogP contribution in [0.1, 0.15) is 32.8 Å². The molecule has 0 unspecified atom stereocenters. The first-order valence-electron chi connectivity index (χ1n) is 7.08. The lowest BCUT2D eigenvalue weighted by Gasteiger charge is -2.16. The number of carbonyl (C=O) groups is 2. The maximum atomic E-state index is 11.8.